The summed E-state index contributed by atoms with van der Waals surface area (Å²) in [6.45, 7) is 5.46. The van der Waals surface area contributed by atoms with Crippen molar-refractivity contribution in [2.24, 2.45) is 0 Å². The van der Waals surface area contributed by atoms with E-state index in [1.807, 2.05) is 29.2 Å². The highest BCUT2D eigenvalue weighted by Crippen LogP contribution is 2.21. The average molecular weight is 329 g/mol. The highest BCUT2D eigenvalue weighted by atomic mass is 35.5. The molecule has 120 valence electrons. The zero-order valence-electron chi connectivity index (χ0n) is 13.3. The smallest absolute Gasteiger partial charge is 0.227 e. The van der Waals surface area contributed by atoms with Gasteiger partial charge >= 0.3 is 0 Å². The number of benzene rings is 2. The van der Waals surface area contributed by atoms with Crippen molar-refractivity contribution < 1.29 is 4.79 Å². The van der Waals surface area contributed by atoms with Crippen molar-refractivity contribution in [3.05, 3.63) is 64.7 Å². The van der Waals surface area contributed by atoms with E-state index in [0.29, 0.717) is 11.4 Å². The van der Waals surface area contributed by atoms with Crippen molar-refractivity contribution in [3.8, 4) is 0 Å². The van der Waals surface area contributed by atoms with Gasteiger partial charge in [-0.25, -0.2) is 0 Å². The van der Waals surface area contributed by atoms with Gasteiger partial charge < -0.3 is 9.80 Å². The van der Waals surface area contributed by atoms with Gasteiger partial charge in [-0.1, -0.05) is 41.9 Å². The molecule has 2 aromatic rings. The third-order valence-electron chi connectivity index (χ3n) is 4.36. The molecule has 1 amide bonds. The number of hydrogen-bond donors (Lipinski definition) is 0. The summed E-state index contributed by atoms with van der Waals surface area (Å²) in [5.74, 6) is 0.191. The van der Waals surface area contributed by atoms with Crippen molar-refractivity contribution in [2.45, 2.75) is 13.3 Å². The largest absolute Gasteiger partial charge is 0.368 e. The van der Waals surface area contributed by atoms with E-state index in [9.17, 15) is 4.79 Å². The molecular weight excluding hydrogens is 308 g/mol. The molecule has 0 bridgehead atoms. The van der Waals surface area contributed by atoms with Gasteiger partial charge in [-0.2, -0.15) is 0 Å². The number of nitrogens with zero attached hydrogens (tertiary/aromatic N) is 2. The van der Waals surface area contributed by atoms with Crippen LogP contribution in [-0.4, -0.2) is 37.0 Å². The number of aryl methyl sites for hydroxylation is 1. The minimum absolute atomic E-state index is 0.191. The summed E-state index contributed by atoms with van der Waals surface area (Å²) in [4.78, 5) is 16.8. The van der Waals surface area contributed by atoms with Crippen molar-refractivity contribution in [2.75, 3.05) is 31.1 Å². The Morgan fingerprint density at radius 1 is 1.00 bits per heavy atom. The summed E-state index contributed by atoms with van der Waals surface area (Å²) in [6, 6.07) is 15.9. The first-order valence-electron chi connectivity index (χ1n) is 7.96. The van der Waals surface area contributed by atoms with Crippen LogP contribution in [0.15, 0.2) is 48.5 Å². The predicted molar refractivity (Wildman–Crippen MR) is 95.1 cm³/mol. The zero-order chi connectivity index (χ0) is 16.2. The van der Waals surface area contributed by atoms with Gasteiger partial charge in [0.05, 0.1) is 6.42 Å². The van der Waals surface area contributed by atoms with E-state index in [2.05, 4.69) is 36.1 Å². The van der Waals surface area contributed by atoms with E-state index in [4.69, 9.17) is 11.6 Å². The van der Waals surface area contributed by atoms with E-state index in [1.54, 1.807) is 0 Å². The summed E-state index contributed by atoms with van der Waals surface area (Å²) < 4.78 is 0. The van der Waals surface area contributed by atoms with Crippen LogP contribution < -0.4 is 4.90 Å². The van der Waals surface area contributed by atoms with E-state index in [0.717, 1.165) is 31.7 Å². The number of piperazine rings is 1. The van der Waals surface area contributed by atoms with Gasteiger partial charge in [0, 0.05) is 36.9 Å². The van der Waals surface area contributed by atoms with Crippen LogP contribution in [0.2, 0.25) is 5.02 Å². The molecule has 3 nitrogen and oxygen atoms in total. The molecule has 4 heteroatoms. The Morgan fingerprint density at radius 2 is 1.65 bits per heavy atom. The van der Waals surface area contributed by atoms with Crippen molar-refractivity contribution in [3.63, 3.8) is 0 Å². The molecular formula is C19H21ClN2O. The van der Waals surface area contributed by atoms with Gasteiger partial charge in [0.2, 0.25) is 5.91 Å². The monoisotopic (exact) mass is 328 g/mol. The quantitative estimate of drug-likeness (QED) is 0.860. The van der Waals surface area contributed by atoms with Crippen LogP contribution in [0.4, 0.5) is 5.69 Å². The lowest BCUT2D eigenvalue weighted by Crippen LogP contribution is -2.49. The number of rotatable bonds is 3. The van der Waals surface area contributed by atoms with Crippen molar-refractivity contribution in [1.29, 1.82) is 0 Å². The van der Waals surface area contributed by atoms with Crippen LogP contribution in [0.3, 0.4) is 0 Å². The highest BCUT2D eigenvalue weighted by Gasteiger charge is 2.21. The second-order valence-corrected chi connectivity index (χ2v) is 6.39. The van der Waals surface area contributed by atoms with Gasteiger partial charge in [-0.15, -0.1) is 0 Å². The Morgan fingerprint density at radius 3 is 2.30 bits per heavy atom. The standard InChI is InChI=1S/C19H21ClN2O/c1-15-4-2-3-5-18(15)21-10-12-22(13-11-21)19(23)14-16-6-8-17(20)9-7-16/h2-9H,10-14H2,1H3. The fourth-order valence-electron chi connectivity index (χ4n) is 3.00. The predicted octanol–water partition coefficient (Wildman–Crippen LogP) is 3.54. The number of carbonyl (C=O) groups excluding carboxylic acids is 1. The maximum absolute atomic E-state index is 12.4. The molecule has 0 atom stereocenters. The van der Waals surface area contributed by atoms with Crippen LogP contribution in [-0.2, 0) is 11.2 Å². The SMILES string of the molecule is Cc1ccccc1N1CCN(C(=O)Cc2ccc(Cl)cc2)CC1. The molecule has 0 spiro atoms. The minimum atomic E-state index is 0.191. The van der Waals surface area contributed by atoms with Crippen LogP contribution in [0, 0.1) is 6.92 Å². The summed E-state index contributed by atoms with van der Waals surface area (Å²) in [6.07, 6.45) is 0.446. The molecule has 0 N–H and O–H groups in total. The molecule has 0 saturated carbocycles. The van der Waals surface area contributed by atoms with Gasteiger partial charge in [-0.3, -0.25) is 4.79 Å². The summed E-state index contributed by atoms with van der Waals surface area (Å²) >= 11 is 5.88. The summed E-state index contributed by atoms with van der Waals surface area (Å²) in [5, 5.41) is 0.702. The average Bonchev–Trinajstić information content (AvgIpc) is 2.57. The van der Waals surface area contributed by atoms with E-state index >= 15 is 0 Å². The Hall–Kier alpha value is -2.00. The number of para-hydroxylation sites is 1. The molecule has 3 rings (SSSR count). The van der Waals surface area contributed by atoms with Gasteiger partial charge in [0.25, 0.3) is 0 Å². The van der Waals surface area contributed by atoms with Crippen LogP contribution in [0.1, 0.15) is 11.1 Å². The fourth-order valence-corrected chi connectivity index (χ4v) is 3.13. The molecule has 1 fully saturated rings. The molecule has 1 aliphatic heterocycles. The van der Waals surface area contributed by atoms with E-state index < -0.39 is 0 Å². The van der Waals surface area contributed by atoms with Gasteiger partial charge in [0.15, 0.2) is 0 Å². The number of halogens is 1. The maximum Gasteiger partial charge on any atom is 0.227 e. The first kappa shape index (κ1) is 15.9. The Bertz CT molecular complexity index is 676. The van der Waals surface area contributed by atoms with Gasteiger partial charge in [0.1, 0.15) is 0 Å². The number of anilines is 1. The third kappa shape index (κ3) is 3.85. The molecule has 23 heavy (non-hydrogen) atoms. The lowest BCUT2D eigenvalue weighted by Gasteiger charge is -2.37. The van der Waals surface area contributed by atoms with Gasteiger partial charge in [-0.05, 0) is 36.2 Å². The lowest BCUT2D eigenvalue weighted by atomic mass is 10.1. The van der Waals surface area contributed by atoms with E-state index in [-0.39, 0.29) is 5.91 Å². The minimum Gasteiger partial charge on any atom is -0.368 e. The summed E-state index contributed by atoms with van der Waals surface area (Å²) in [5.41, 5.74) is 3.58. The Kier molecular flexibility index (Phi) is 4.87. The maximum atomic E-state index is 12.4. The molecule has 0 aromatic heterocycles. The van der Waals surface area contributed by atoms with Crippen LogP contribution in [0.25, 0.3) is 0 Å². The highest BCUT2D eigenvalue weighted by molar-refractivity contribution is 6.30. The fraction of sp³-hybridized carbons (Fsp3) is 0.316. The van der Waals surface area contributed by atoms with E-state index in [1.165, 1.54) is 11.3 Å². The molecule has 1 saturated heterocycles. The summed E-state index contributed by atoms with van der Waals surface area (Å²) in [7, 11) is 0. The molecule has 0 aliphatic carbocycles. The van der Waals surface area contributed by atoms with Crippen LogP contribution >= 0.6 is 11.6 Å². The second kappa shape index (κ2) is 7.05. The topological polar surface area (TPSA) is 23.6 Å². The number of carbonyl (C=O) groups is 1. The Balaban J connectivity index is 1.57. The number of amides is 1. The molecule has 2 aromatic carbocycles. The first-order chi connectivity index (χ1) is 11.1. The van der Waals surface area contributed by atoms with Crippen molar-refractivity contribution in [1.82, 2.24) is 4.90 Å². The first-order valence-corrected chi connectivity index (χ1v) is 8.34. The molecule has 0 radical (unpaired) electrons. The molecule has 0 unspecified atom stereocenters. The van der Waals surface area contributed by atoms with Crippen LogP contribution in [0.5, 0.6) is 0 Å². The number of hydrogen-bond acceptors (Lipinski definition) is 2. The molecule has 1 heterocycles. The zero-order valence-corrected chi connectivity index (χ0v) is 14.1. The Labute approximate surface area is 142 Å². The lowest BCUT2D eigenvalue weighted by molar-refractivity contribution is -0.130. The molecule has 1 aliphatic rings. The normalized spacial score (nSPS) is 14.9. The van der Waals surface area contributed by atoms with Crippen molar-refractivity contribution >= 4 is 23.2 Å². The third-order valence-corrected chi connectivity index (χ3v) is 4.61. The second-order valence-electron chi connectivity index (χ2n) is 5.96.